The summed E-state index contributed by atoms with van der Waals surface area (Å²) in [5.41, 5.74) is 0. The molecule has 0 aliphatic heterocycles. The second-order valence-corrected chi connectivity index (χ2v) is 28.8. The van der Waals surface area contributed by atoms with Crippen LogP contribution in [0.15, 0.2) is 158 Å². The molecule has 0 saturated carbocycles. The highest BCUT2D eigenvalue weighted by atomic mass is 31.2. The van der Waals surface area contributed by atoms with Gasteiger partial charge in [-0.1, -0.05) is 276 Å². The van der Waals surface area contributed by atoms with Crippen LogP contribution in [0, 0.1) is 0 Å². The molecule has 104 heavy (non-hydrogen) atoms. The maximum Gasteiger partial charge on any atom is 0.472 e. The molecule has 0 aliphatic carbocycles. The summed E-state index contributed by atoms with van der Waals surface area (Å²) in [4.78, 5) is 73.0. The quantitative estimate of drug-likeness (QED) is 0.0169. The second-order valence-electron chi connectivity index (χ2n) is 25.9. The highest BCUT2D eigenvalue weighted by Gasteiger charge is 2.30. The number of carbonyl (C=O) groups excluding carboxylic acids is 4. The van der Waals surface area contributed by atoms with Gasteiger partial charge in [0.05, 0.1) is 26.4 Å². The van der Waals surface area contributed by atoms with Crippen molar-refractivity contribution in [2.75, 3.05) is 39.6 Å². The predicted octanol–water partition coefficient (Wildman–Crippen LogP) is 23.2. The molecular formula is C85H140O17P2. The van der Waals surface area contributed by atoms with E-state index in [0.717, 1.165) is 186 Å². The maximum atomic E-state index is 13.1. The van der Waals surface area contributed by atoms with Crippen LogP contribution >= 0.6 is 15.6 Å². The lowest BCUT2D eigenvalue weighted by atomic mass is 10.1. The molecule has 0 spiro atoms. The first-order chi connectivity index (χ1) is 50.7. The Hall–Kier alpha value is -5.32. The molecule has 0 amide bonds. The number of hydrogen-bond donors (Lipinski definition) is 3. The molecule has 0 aromatic rings. The molecule has 0 fully saturated rings. The van der Waals surface area contributed by atoms with Crippen LogP contribution in [-0.2, 0) is 65.4 Å². The van der Waals surface area contributed by atoms with Crippen LogP contribution in [0.5, 0.6) is 0 Å². The summed E-state index contributed by atoms with van der Waals surface area (Å²) in [5, 5.41) is 10.6. The van der Waals surface area contributed by atoms with Crippen LogP contribution in [0.4, 0.5) is 0 Å². The molecule has 19 heteroatoms. The van der Waals surface area contributed by atoms with E-state index >= 15 is 0 Å². The van der Waals surface area contributed by atoms with E-state index in [4.69, 9.17) is 37.0 Å². The number of aliphatic hydroxyl groups is 1. The first-order valence-electron chi connectivity index (χ1n) is 39.7. The number of allylic oxidation sites excluding steroid dienone is 26. The van der Waals surface area contributed by atoms with Crippen LogP contribution in [0.25, 0.3) is 0 Å². The summed E-state index contributed by atoms with van der Waals surface area (Å²) in [5.74, 6) is -2.32. The Labute approximate surface area is 629 Å². The summed E-state index contributed by atoms with van der Waals surface area (Å²) in [6, 6.07) is 0. The molecule has 0 aromatic heterocycles. The first-order valence-corrected chi connectivity index (χ1v) is 42.7. The highest BCUT2D eigenvalue weighted by molar-refractivity contribution is 7.47. The van der Waals surface area contributed by atoms with Crippen molar-refractivity contribution in [3.63, 3.8) is 0 Å². The van der Waals surface area contributed by atoms with Gasteiger partial charge in [-0.2, -0.15) is 0 Å². The summed E-state index contributed by atoms with van der Waals surface area (Å²) < 4.78 is 68.5. The molecule has 0 aliphatic rings. The monoisotopic (exact) mass is 1490 g/mol. The minimum atomic E-state index is -5.01. The average Bonchev–Trinajstić information content (AvgIpc) is 0.906. The van der Waals surface area contributed by atoms with E-state index in [2.05, 4.69) is 167 Å². The Balaban J connectivity index is 5.46. The minimum Gasteiger partial charge on any atom is -0.462 e. The smallest absolute Gasteiger partial charge is 0.462 e. The molecule has 0 radical (unpaired) electrons. The van der Waals surface area contributed by atoms with Crippen molar-refractivity contribution in [3.05, 3.63) is 158 Å². The molecule has 0 bridgehead atoms. The number of hydrogen-bond acceptors (Lipinski definition) is 15. The number of unbranched alkanes of at least 4 members (excludes halogenated alkanes) is 21. The Morgan fingerprint density at radius 3 is 0.875 bits per heavy atom. The topological polar surface area (TPSA) is 237 Å². The van der Waals surface area contributed by atoms with E-state index < -0.39 is 97.5 Å². The number of phosphoric ester groups is 2. The standard InChI is InChI=1S/C85H140O17P2/c1-5-9-13-17-21-25-29-33-35-37-39-41-43-47-50-54-58-62-66-70-83(88)96-76-81(102-85(90)72-68-64-60-56-52-48-44-42-40-38-36-34-30-26-22-18-14-10-6-2)78-100-104(93,94)98-74-79(86)73-97-103(91,92)99-77-80(101-84(89)71-67-63-59-55-51-46-32-28-24-20-16-12-8-4)75-95-82(87)69-65-61-57-53-49-45-31-27-23-19-15-11-7-3/h9-10,13-15,19,21-22,25-28,31-36,39-42,47,50,58,62,79-81,86H,5-8,11-12,16-18,20,23-24,29-30,37-38,43-46,48-49,51-57,59-61,63-78H2,1-4H3,(H,91,92)(H,93,94)/b13-9-,14-10-,19-15-,25-21-,26-22-,31-27-,32-28-,35-33-,36-34-,41-39-,42-40-,50-47-,62-58-. The molecule has 0 aromatic carbocycles. The molecule has 5 atom stereocenters. The van der Waals surface area contributed by atoms with Crippen LogP contribution in [0.2, 0.25) is 0 Å². The summed E-state index contributed by atoms with van der Waals surface area (Å²) in [6.45, 7) is 4.43. The SMILES string of the molecule is CC/C=C\C/C=C\C/C=C\C/C=C\C/C=C\C/C=C\CCC(=O)OCC(COP(=O)(O)OCC(O)COP(=O)(O)OCC(COC(=O)CCCCCCC/C=C\C/C=C\CCC)OC(=O)CCCCCCC/C=C\CCCCCC)OC(=O)CCCCCCCC/C=C\C/C=C\C/C=C\C/C=C\CC. The largest absolute Gasteiger partial charge is 0.472 e. The maximum absolute atomic E-state index is 13.1. The molecule has 0 rings (SSSR count). The molecular weight excluding hydrogens is 1350 g/mol. The lowest BCUT2D eigenvalue weighted by Crippen LogP contribution is -2.30. The van der Waals surface area contributed by atoms with Gasteiger partial charge in [0, 0.05) is 25.7 Å². The lowest BCUT2D eigenvalue weighted by molar-refractivity contribution is -0.161. The number of aliphatic hydroxyl groups excluding tert-OH is 1. The van der Waals surface area contributed by atoms with Crippen molar-refractivity contribution in [1.29, 1.82) is 0 Å². The lowest BCUT2D eigenvalue weighted by Gasteiger charge is -2.21. The molecule has 3 N–H and O–H groups in total. The van der Waals surface area contributed by atoms with Gasteiger partial charge in [0.2, 0.25) is 0 Å². The van der Waals surface area contributed by atoms with Crippen molar-refractivity contribution in [3.8, 4) is 0 Å². The van der Waals surface area contributed by atoms with Crippen molar-refractivity contribution < 1.29 is 80.2 Å². The third kappa shape index (κ3) is 74.9. The van der Waals surface area contributed by atoms with E-state index in [0.29, 0.717) is 32.1 Å². The fourth-order valence-corrected chi connectivity index (χ4v) is 11.6. The van der Waals surface area contributed by atoms with E-state index in [1.807, 2.05) is 18.2 Å². The van der Waals surface area contributed by atoms with Gasteiger partial charge in [0.15, 0.2) is 12.2 Å². The fraction of sp³-hybridized carbons (Fsp3) is 0.647. The third-order valence-electron chi connectivity index (χ3n) is 16.0. The van der Waals surface area contributed by atoms with E-state index in [-0.39, 0.29) is 25.7 Å². The number of carbonyl (C=O) groups is 4. The predicted molar refractivity (Wildman–Crippen MR) is 427 cm³/mol. The summed E-state index contributed by atoms with van der Waals surface area (Å²) in [7, 11) is -10.00. The normalized spacial score (nSPS) is 14.7. The Morgan fingerprint density at radius 2 is 0.538 bits per heavy atom. The number of ether oxygens (including phenoxy) is 4. The number of phosphoric acid groups is 2. The highest BCUT2D eigenvalue weighted by Crippen LogP contribution is 2.45. The van der Waals surface area contributed by atoms with Gasteiger partial charge in [-0.25, -0.2) is 9.13 Å². The molecule has 5 unspecified atom stereocenters. The van der Waals surface area contributed by atoms with Crippen molar-refractivity contribution >= 4 is 39.5 Å². The van der Waals surface area contributed by atoms with Gasteiger partial charge in [-0.05, 0) is 154 Å². The first kappa shape index (κ1) is 98.7. The van der Waals surface area contributed by atoms with Gasteiger partial charge in [0.25, 0.3) is 0 Å². The van der Waals surface area contributed by atoms with Gasteiger partial charge in [-0.15, -0.1) is 0 Å². The molecule has 0 saturated heterocycles. The van der Waals surface area contributed by atoms with Crippen molar-refractivity contribution in [2.24, 2.45) is 0 Å². The molecule has 17 nitrogen and oxygen atoms in total. The third-order valence-corrected chi connectivity index (χ3v) is 17.9. The van der Waals surface area contributed by atoms with E-state index in [9.17, 15) is 43.2 Å². The number of rotatable bonds is 73. The van der Waals surface area contributed by atoms with Gasteiger partial charge >= 0.3 is 39.5 Å². The summed E-state index contributed by atoms with van der Waals surface area (Å²) in [6.07, 6.45) is 88.1. The van der Waals surface area contributed by atoms with Gasteiger partial charge in [0.1, 0.15) is 19.3 Å². The zero-order valence-electron chi connectivity index (χ0n) is 64.6. The minimum absolute atomic E-state index is 0.0273. The Bertz CT molecular complexity index is 2590. The zero-order valence-corrected chi connectivity index (χ0v) is 66.4. The van der Waals surface area contributed by atoms with E-state index in [1.54, 1.807) is 0 Å². The van der Waals surface area contributed by atoms with Crippen LogP contribution in [0.1, 0.15) is 297 Å². The summed E-state index contributed by atoms with van der Waals surface area (Å²) >= 11 is 0. The fourth-order valence-electron chi connectivity index (χ4n) is 9.97. The average molecular weight is 1500 g/mol. The van der Waals surface area contributed by atoms with Crippen LogP contribution in [-0.4, -0.2) is 96.7 Å². The van der Waals surface area contributed by atoms with Crippen molar-refractivity contribution in [1.82, 2.24) is 0 Å². The van der Waals surface area contributed by atoms with Gasteiger partial charge < -0.3 is 33.8 Å². The zero-order chi connectivity index (χ0) is 76.0. The van der Waals surface area contributed by atoms with Gasteiger partial charge in [-0.3, -0.25) is 37.3 Å². The molecule has 592 valence electrons. The number of esters is 4. The Morgan fingerprint density at radius 1 is 0.279 bits per heavy atom. The van der Waals surface area contributed by atoms with Crippen molar-refractivity contribution in [2.45, 2.75) is 316 Å². The van der Waals surface area contributed by atoms with Crippen LogP contribution in [0.3, 0.4) is 0 Å². The second kappa shape index (κ2) is 75.9. The van der Waals surface area contributed by atoms with Crippen LogP contribution < -0.4 is 0 Å². The molecule has 0 heterocycles. The van der Waals surface area contributed by atoms with E-state index in [1.165, 1.54) is 25.7 Å². The Kier molecular flexibility index (Phi) is 72.0.